The minimum atomic E-state index is 0.437. The molecule has 2 aromatic rings. The highest BCUT2D eigenvalue weighted by molar-refractivity contribution is 5.48. The standard InChI is InChI=1S/C16H21N3/c1-11(2)7-14-9-18-10-19(14)16-6-3-12-8-13(17)4-5-15(12)16/h4-5,8-11,16H,3,6-7,17H2,1-2H3. The van der Waals surface area contributed by atoms with E-state index in [0.29, 0.717) is 12.0 Å². The average molecular weight is 255 g/mol. The van der Waals surface area contributed by atoms with Crippen molar-refractivity contribution in [2.75, 3.05) is 5.73 Å². The van der Waals surface area contributed by atoms with Crippen LogP contribution in [0.3, 0.4) is 0 Å². The number of benzene rings is 1. The summed E-state index contributed by atoms with van der Waals surface area (Å²) >= 11 is 0. The van der Waals surface area contributed by atoms with Crippen LogP contribution in [0.5, 0.6) is 0 Å². The maximum absolute atomic E-state index is 5.87. The van der Waals surface area contributed by atoms with E-state index in [2.05, 4.69) is 35.5 Å². The number of hydrogen-bond donors (Lipinski definition) is 1. The lowest BCUT2D eigenvalue weighted by molar-refractivity contribution is 0.529. The molecule has 0 aliphatic heterocycles. The van der Waals surface area contributed by atoms with Gasteiger partial charge in [0.05, 0.1) is 12.4 Å². The molecule has 19 heavy (non-hydrogen) atoms. The third-order valence-electron chi connectivity index (χ3n) is 3.91. The molecule has 100 valence electrons. The number of hydrogen-bond acceptors (Lipinski definition) is 2. The zero-order valence-corrected chi connectivity index (χ0v) is 11.6. The number of nitrogens with two attached hydrogens (primary N) is 1. The van der Waals surface area contributed by atoms with E-state index in [9.17, 15) is 0 Å². The van der Waals surface area contributed by atoms with Gasteiger partial charge in [-0.05, 0) is 48.4 Å². The molecule has 1 atom stereocenters. The van der Waals surface area contributed by atoms with Crippen molar-refractivity contribution in [3.8, 4) is 0 Å². The highest BCUT2D eigenvalue weighted by Crippen LogP contribution is 2.36. The summed E-state index contributed by atoms with van der Waals surface area (Å²) in [6.07, 6.45) is 7.34. The first-order chi connectivity index (χ1) is 9.15. The quantitative estimate of drug-likeness (QED) is 0.856. The lowest BCUT2D eigenvalue weighted by Crippen LogP contribution is -2.11. The minimum absolute atomic E-state index is 0.437. The van der Waals surface area contributed by atoms with Crippen LogP contribution in [0, 0.1) is 5.92 Å². The summed E-state index contributed by atoms with van der Waals surface area (Å²) in [6, 6.07) is 6.75. The zero-order valence-electron chi connectivity index (χ0n) is 11.6. The van der Waals surface area contributed by atoms with Crippen molar-refractivity contribution in [1.29, 1.82) is 0 Å². The molecule has 3 heteroatoms. The van der Waals surface area contributed by atoms with Gasteiger partial charge in [0, 0.05) is 17.6 Å². The Kier molecular flexibility index (Phi) is 3.05. The largest absolute Gasteiger partial charge is 0.399 e. The topological polar surface area (TPSA) is 43.8 Å². The molecule has 1 aromatic carbocycles. The van der Waals surface area contributed by atoms with Crippen LogP contribution in [0.2, 0.25) is 0 Å². The van der Waals surface area contributed by atoms with E-state index in [-0.39, 0.29) is 0 Å². The van der Waals surface area contributed by atoms with Crippen molar-refractivity contribution in [3.05, 3.63) is 47.5 Å². The van der Waals surface area contributed by atoms with E-state index in [4.69, 9.17) is 5.73 Å². The van der Waals surface area contributed by atoms with Gasteiger partial charge >= 0.3 is 0 Å². The van der Waals surface area contributed by atoms with Gasteiger partial charge in [-0.1, -0.05) is 19.9 Å². The third-order valence-corrected chi connectivity index (χ3v) is 3.91. The summed E-state index contributed by atoms with van der Waals surface area (Å²) in [5.74, 6) is 0.655. The first-order valence-corrected chi connectivity index (χ1v) is 7.04. The van der Waals surface area contributed by atoms with Crippen molar-refractivity contribution >= 4 is 5.69 Å². The summed E-state index contributed by atoms with van der Waals surface area (Å²) in [4.78, 5) is 4.35. The molecular formula is C16H21N3. The third kappa shape index (κ3) is 2.25. The Balaban J connectivity index is 1.95. The van der Waals surface area contributed by atoms with Crippen LogP contribution >= 0.6 is 0 Å². The van der Waals surface area contributed by atoms with Crippen LogP contribution in [-0.4, -0.2) is 9.55 Å². The van der Waals surface area contributed by atoms with Crippen molar-refractivity contribution < 1.29 is 0 Å². The molecule has 0 fully saturated rings. The second-order valence-corrected chi connectivity index (χ2v) is 5.90. The van der Waals surface area contributed by atoms with E-state index >= 15 is 0 Å². The second kappa shape index (κ2) is 4.72. The summed E-state index contributed by atoms with van der Waals surface area (Å²) in [6.45, 7) is 4.50. The Morgan fingerprint density at radius 1 is 1.42 bits per heavy atom. The lowest BCUT2D eigenvalue weighted by Gasteiger charge is -2.18. The molecular weight excluding hydrogens is 234 g/mol. The number of nitrogen functional groups attached to an aromatic ring is 1. The highest BCUT2D eigenvalue weighted by Gasteiger charge is 2.25. The van der Waals surface area contributed by atoms with E-state index in [1.165, 1.54) is 16.8 Å². The minimum Gasteiger partial charge on any atom is -0.399 e. The van der Waals surface area contributed by atoms with Crippen molar-refractivity contribution in [2.45, 2.75) is 39.2 Å². The predicted octanol–water partition coefficient (Wildman–Crippen LogP) is 3.20. The van der Waals surface area contributed by atoms with Crippen molar-refractivity contribution in [1.82, 2.24) is 9.55 Å². The number of rotatable bonds is 3. The Labute approximate surface area is 114 Å². The monoisotopic (exact) mass is 255 g/mol. The van der Waals surface area contributed by atoms with E-state index in [1.807, 2.05) is 18.6 Å². The predicted molar refractivity (Wildman–Crippen MR) is 78.1 cm³/mol. The molecule has 2 N–H and O–H groups in total. The fourth-order valence-electron chi connectivity index (χ4n) is 3.09. The molecule has 0 bridgehead atoms. The van der Waals surface area contributed by atoms with Gasteiger partial charge in [-0.2, -0.15) is 0 Å². The molecule has 0 spiro atoms. The van der Waals surface area contributed by atoms with Crippen molar-refractivity contribution in [2.24, 2.45) is 5.92 Å². The van der Waals surface area contributed by atoms with Gasteiger partial charge in [-0.3, -0.25) is 0 Å². The molecule has 1 aromatic heterocycles. The fraction of sp³-hybridized carbons (Fsp3) is 0.438. The number of anilines is 1. The van der Waals surface area contributed by atoms with Crippen LogP contribution in [0.1, 0.15) is 43.1 Å². The number of nitrogens with zero attached hydrogens (tertiary/aromatic N) is 2. The van der Waals surface area contributed by atoms with Gasteiger partial charge in [0.2, 0.25) is 0 Å². The van der Waals surface area contributed by atoms with Gasteiger partial charge < -0.3 is 10.3 Å². The van der Waals surface area contributed by atoms with Gasteiger partial charge in [0.1, 0.15) is 0 Å². The SMILES string of the molecule is CC(C)Cc1cncn1C1CCc2cc(N)ccc21. The molecule has 0 radical (unpaired) electrons. The van der Waals surface area contributed by atoms with Gasteiger partial charge in [0.15, 0.2) is 0 Å². The van der Waals surface area contributed by atoms with Crippen LogP contribution in [-0.2, 0) is 12.8 Å². The first-order valence-electron chi connectivity index (χ1n) is 7.04. The maximum Gasteiger partial charge on any atom is 0.0953 e. The Morgan fingerprint density at radius 3 is 3.05 bits per heavy atom. The molecule has 1 heterocycles. The molecule has 0 saturated heterocycles. The maximum atomic E-state index is 5.87. The summed E-state index contributed by atoms with van der Waals surface area (Å²) in [7, 11) is 0. The molecule has 0 amide bonds. The number of aryl methyl sites for hydroxylation is 1. The van der Waals surface area contributed by atoms with Gasteiger partial charge in [-0.25, -0.2) is 4.98 Å². The molecule has 1 aliphatic rings. The van der Waals surface area contributed by atoms with Crippen LogP contribution in [0.25, 0.3) is 0 Å². The van der Waals surface area contributed by atoms with E-state index < -0.39 is 0 Å². The molecule has 1 aliphatic carbocycles. The normalized spacial score (nSPS) is 17.9. The van der Waals surface area contributed by atoms with Crippen LogP contribution in [0.15, 0.2) is 30.7 Å². The number of aromatic nitrogens is 2. The van der Waals surface area contributed by atoms with E-state index in [1.54, 1.807) is 0 Å². The van der Waals surface area contributed by atoms with Crippen molar-refractivity contribution in [3.63, 3.8) is 0 Å². The Bertz CT molecular complexity index is 583. The van der Waals surface area contributed by atoms with Gasteiger partial charge in [0.25, 0.3) is 0 Å². The Hall–Kier alpha value is -1.77. The molecule has 1 unspecified atom stereocenters. The van der Waals surface area contributed by atoms with Crippen LogP contribution in [0.4, 0.5) is 5.69 Å². The Morgan fingerprint density at radius 2 is 2.26 bits per heavy atom. The molecule has 3 nitrogen and oxygen atoms in total. The molecule has 3 rings (SSSR count). The summed E-state index contributed by atoms with van der Waals surface area (Å²) < 4.78 is 2.35. The van der Waals surface area contributed by atoms with E-state index in [0.717, 1.165) is 24.9 Å². The van der Waals surface area contributed by atoms with Crippen LogP contribution < -0.4 is 5.73 Å². The second-order valence-electron chi connectivity index (χ2n) is 5.90. The highest BCUT2D eigenvalue weighted by atomic mass is 15.1. The summed E-state index contributed by atoms with van der Waals surface area (Å²) in [5, 5.41) is 0. The smallest absolute Gasteiger partial charge is 0.0953 e. The number of imidazole rings is 1. The molecule has 0 saturated carbocycles. The lowest BCUT2D eigenvalue weighted by atomic mass is 10.1. The first kappa shape index (κ1) is 12.3. The zero-order chi connectivity index (χ0) is 13.4. The van der Waals surface area contributed by atoms with Gasteiger partial charge in [-0.15, -0.1) is 0 Å². The summed E-state index contributed by atoms with van der Waals surface area (Å²) in [5.41, 5.74) is 10.9. The average Bonchev–Trinajstić information content (AvgIpc) is 2.93. The fourth-order valence-corrected chi connectivity index (χ4v) is 3.09. The number of fused-ring (bicyclic) bond motifs is 1.